The highest BCUT2D eigenvalue weighted by Crippen LogP contribution is 2.31. The summed E-state index contributed by atoms with van der Waals surface area (Å²) in [5, 5.41) is 10.2. The van der Waals surface area contributed by atoms with Crippen molar-refractivity contribution in [2.75, 3.05) is 13.2 Å². The highest BCUT2D eigenvalue weighted by Gasteiger charge is 2.42. The molecule has 0 spiro atoms. The van der Waals surface area contributed by atoms with Crippen LogP contribution in [0.1, 0.15) is 18.9 Å². The van der Waals surface area contributed by atoms with Crippen LogP contribution in [0.3, 0.4) is 0 Å². The van der Waals surface area contributed by atoms with E-state index < -0.39 is 11.7 Å². The van der Waals surface area contributed by atoms with E-state index in [-0.39, 0.29) is 0 Å². The Bertz CT molecular complexity index is 401. The molecule has 3 nitrogen and oxygen atoms in total. The predicted molar refractivity (Wildman–Crippen MR) is 70.2 cm³/mol. The van der Waals surface area contributed by atoms with Crippen LogP contribution >= 0.6 is 0 Å². The topological polar surface area (TPSA) is 38.7 Å². The summed E-state index contributed by atoms with van der Waals surface area (Å²) in [7, 11) is 0. The van der Waals surface area contributed by atoms with Gasteiger partial charge in [-0.3, -0.25) is 0 Å². The van der Waals surface area contributed by atoms with Crippen molar-refractivity contribution in [3.05, 3.63) is 48.0 Å². The first-order valence-corrected chi connectivity index (χ1v) is 6.25. The fourth-order valence-electron chi connectivity index (χ4n) is 2.20. The van der Waals surface area contributed by atoms with Crippen LogP contribution in [0.2, 0.25) is 0 Å². The molecule has 3 heteroatoms. The minimum Gasteiger partial charge on any atom is -0.390 e. The largest absolute Gasteiger partial charge is 0.390 e. The number of aliphatic hydroxyl groups is 1. The van der Waals surface area contributed by atoms with Crippen molar-refractivity contribution in [1.82, 2.24) is 0 Å². The minimum atomic E-state index is -0.770. The molecule has 0 saturated carbocycles. The predicted octanol–water partition coefficient (Wildman–Crippen LogP) is 2.30. The number of benzene rings is 1. The Hall–Kier alpha value is -1.16. The van der Waals surface area contributed by atoms with Crippen LogP contribution in [0.5, 0.6) is 0 Å². The zero-order valence-corrected chi connectivity index (χ0v) is 10.8. The zero-order valence-electron chi connectivity index (χ0n) is 10.8. The first-order valence-electron chi connectivity index (χ1n) is 6.25. The molecule has 1 aliphatic rings. The molecule has 1 aromatic rings. The quantitative estimate of drug-likeness (QED) is 0.831. The van der Waals surface area contributed by atoms with Crippen LogP contribution in [0.15, 0.2) is 42.5 Å². The molecule has 2 atom stereocenters. The maximum atomic E-state index is 10.2. The highest BCUT2D eigenvalue weighted by molar-refractivity contribution is 5.18. The summed E-state index contributed by atoms with van der Waals surface area (Å²) in [5.74, 6) is 0. The summed E-state index contributed by atoms with van der Waals surface area (Å²) in [6, 6.07) is 9.92. The number of aliphatic hydroxyl groups excluding tert-OH is 1. The Morgan fingerprint density at radius 2 is 2.22 bits per heavy atom. The summed E-state index contributed by atoms with van der Waals surface area (Å²) in [5.41, 5.74) is 1.12. The van der Waals surface area contributed by atoms with Gasteiger partial charge in [0.1, 0.15) is 5.60 Å². The molecule has 2 rings (SSSR count). The third-order valence-corrected chi connectivity index (χ3v) is 3.45. The lowest BCUT2D eigenvalue weighted by atomic mass is 9.86. The van der Waals surface area contributed by atoms with Crippen molar-refractivity contribution >= 4 is 0 Å². The molecule has 1 aliphatic heterocycles. The molecule has 0 aromatic heterocycles. The normalized spacial score (nSPS) is 28.0. The summed E-state index contributed by atoms with van der Waals surface area (Å²) in [4.78, 5) is 0. The van der Waals surface area contributed by atoms with Gasteiger partial charge in [0.2, 0.25) is 0 Å². The Labute approximate surface area is 108 Å². The molecule has 1 N–H and O–H groups in total. The molecular weight excluding hydrogens is 228 g/mol. The second-order valence-corrected chi connectivity index (χ2v) is 4.80. The number of ether oxygens (including phenoxy) is 2. The van der Waals surface area contributed by atoms with Gasteiger partial charge in [-0.2, -0.15) is 0 Å². The molecule has 1 saturated heterocycles. The Kier molecular flexibility index (Phi) is 4.17. The van der Waals surface area contributed by atoms with E-state index in [4.69, 9.17) is 9.47 Å². The Balaban J connectivity index is 2.09. The maximum absolute atomic E-state index is 10.2. The summed E-state index contributed by atoms with van der Waals surface area (Å²) < 4.78 is 11.4. The lowest BCUT2D eigenvalue weighted by Crippen LogP contribution is -2.53. The van der Waals surface area contributed by atoms with Gasteiger partial charge in [-0.05, 0) is 24.5 Å². The fraction of sp³-hybridized carbons (Fsp3) is 0.467. The monoisotopic (exact) mass is 248 g/mol. The average molecular weight is 248 g/mol. The van der Waals surface area contributed by atoms with E-state index in [1.165, 1.54) is 0 Å². The van der Waals surface area contributed by atoms with E-state index in [1.54, 1.807) is 0 Å². The van der Waals surface area contributed by atoms with Gasteiger partial charge in [0.25, 0.3) is 0 Å². The average Bonchev–Trinajstić information content (AvgIpc) is 2.39. The summed E-state index contributed by atoms with van der Waals surface area (Å²) in [6.45, 7) is 7.22. The van der Waals surface area contributed by atoms with Crippen molar-refractivity contribution in [3.63, 3.8) is 0 Å². The third kappa shape index (κ3) is 2.64. The van der Waals surface area contributed by atoms with E-state index >= 15 is 0 Å². The minimum absolute atomic E-state index is 0.371. The van der Waals surface area contributed by atoms with E-state index in [0.29, 0.717) is 26.2 Å². The van der Waals surface area contributed by atoms with Crippen molar-refractivity contribution in [1.29, 1.82) is 0 Å². The number of rotatable bonds is 4. The summed E-state index contributed by atoms with van der Waals surface area (Å²) in [6.07, 6.45) is 0.0363. The maximum Gasteiger partial charge on any atom is 0.138 e. The fourth-order valence-corrected chi connectivity index (χ4v) is 2.20. The van der Waals surface area contributed by atoms with E-state index in [1.807, 2.05) is 37.3 Å². The highest BCUT2D eigenvalue weighted by atomic mass is 16.6. The number of hydrogen-bond donors (Lipinski definition) is 1. The molecule has 1 heterocycles. The smallest absolute Gasteiger partial charge is 0.138 e. The van der Waals surface area contributed by atoms with Crippen molar-refractivity contribution in [2.45, 2.75) is 31.7 Å². The molecule has 0 bridgehead atoms. The molecule has 0 aliphatic carbocycles. The number of hydrogen-bond acceptors (Lipinski definition) is 3. The molecular formula is C15H20O3. The van der Waals surface area contributed by atoms with E-state index in [0.717, 1.165) is 11.1 Å². The second-order valence-electron chi connectivity index (χ2n) is 4.80. The molecule has 0 radical (unpaired) electrons. The van der Waals surface area contributed by atoms with Gasteiger partial charge in [-0.25, -0.2) is 0 Å². The first kappa shape index (κ1) is 13.3. The van der Waals surface area contributed by atoms with Gasteiger partial charge in [0.15, 0.2) is 0 Å². The van der Waals surface area contributed by atoms with Gasteiger partial charge in [0, 0.05) is 6.61 Å². The first-order chi connectivity index (χ1) is 8.65. The van der Waals surface area contributed by atoms with Gasteiger partial charge < -0.3 is 14.6 Å². The second kappa shape index (κ2) is 5.65. The van der Waals surface area contributed by atoms with E-state index in [2.05, 4.69) is 6.58 Å². The van der Waals surface area contributed by atoms with Gasteiger partial charge in [-0.15, -0.1) is 0 Å². The Morgan fingerprint density at radius 1 is 1.50 bits per heavy atom. The molecule has 18 heavy (non-hydrogen) atoms. The molecule has 98 valence electrons. The Morgan fingerprint density at radius 3 is 2.83 bits per heavy atom. The van der Waals surface area contributed by atoms with Crippen molar-refractivity contribution < 1.29 is 14.6 Å². The van der Waals surface area contributed by atoms with Crippen LogP contribution in [0, 0.1) is 0 Å². The lowest BCUT2D eigenvalue weighted by molar-refractivity contribution is -0.174. The lowest BCUT2D eigenvalue weighted by Gasteiger charge is -2.41. The van der Waals surface area contributed by atoms with Crippen LogP contribution in [-0.4, -0.2) is 30.0 Å². The molecule has 0 amide bonds. The molecule has 1 aromatic carbocycles. The van der Waals surface area contributed by atoms with Gasteiger partial charge in [0.05, 0.1) is 19.3 Å². The third-order valence-electron chi connectivity index (χ3n) is 3.45. The van der Waals surface area contributed by atoms with Crippen molar-refractivity contribution in [2.24, 2.45) is 0 Å². The van der Waals surface area contributed by atoms with Crippen molar-refractivity contribution in [3.8, 4) is 0 Å². The standard InChI is InChI=1S/C15H20O3/c1-12(2)15(11-17-9-8-14(15)16)18-10-13-6-4-3-5-7-13/h3-7,14,16H,1,8-11H2,2H3/t14-,15-/m0/s1. The molecule has 1 fully saturated rings. The SMILES string of the molecule is C=C(C)[C@@]1(OCc2ccccc2)COCC[C@@H]1O. The van der Waals surface area contributed by atoms with Crippen LogP contribution in [-0.2, 0) is 16.1 Å². The zero-order chi connectivity index (χ0) is 13.0. The van der Waals surface area contributed by atoms with E-state index in [9.17, 15) is 5.11 Å². The van der Waals surface area contributed by atoms with Crippen LogP contribution < -0.4 is 0 Å². The van der Waals surface area contributed by atoms with Crippen LogP contribution in [0.25, 0.3) is 0 Å². The summed E-state index contributed by atoms with van der Waals surface area (Å²) >= 11 is 0. The molecule has 0 unspecified atom stereocenters. The van der Waals surface area contributed by atoms with Gasteiger partial charge >= 0.3 is 0 Å². The van der Waals surface area contributed by atoms with Crippen LogP contribution in [0.4, 0.5) is 0 Å². The van der Waals surface area contributed by atoms with Gasteiger partial charge in [-0.1, -0.05) is 36.9 Å².